The molecule has 1 heterocycles. The Morgan fingerprint density at radius 3 is 2.55 bits per heavy atom. The molecule has 1 N–H and O–H groups in total. The maximum absolute atomic E-state index is 12.9. The predicted molar refractivity (Wildman–Crippen MR) is 81.6 cm³/mol. The predicted octanol–water partition coefficient (Wildman–Crippen LogP) is 4.99. The Hall–Kier alpha value is -1.59. The fraction of sp³-hybridized carbons (Fsp3) is 0. The molecular formula is C15H9BrFNOS. The van der Waals surface area contributed by atoms with Crippen molar-refractivity contribution in [3.05, 3.63) is 58.8 Å². The summed E-state index contributed by atoms with van der Waals surface area (Å²) < 4.78 is 13.8. The Kier molecular flexibility index (Phi) is 3.63. The Balaban J connectivity index is 2.04. The Bertz CT molecular complexity index is 777. The number of hydrogen-bond donors (Lipinski definition) is 1. The van der Waals surface area contributed by atoms with E-state index >= 15 is 0 Å². The molecule has 0 aliphatic carbocycles. The topological polar surface area (TPSA) is 33.1 Å². The molecule has 5 heteroatoms. The zero-order chi connectivity index (χ0) is 14.1. The van der Waals surface area contributed by atoms with E-state index < -0.39 is 0 Å². The van der Waals surface area contributed by atoms with Crippen LogP contribution < -0.4 is 0 Å². The van der Waals surface area contributed by atoms with Crippen molar-refractivity contribution in [3.63, 3.8) is 0 Å². The molecule has 0 aliphatic rings. The first kappa shape index (κ1) is 13.4. The van der Waals surface area contributed by atoms with Crippen LogP contribution in [0, 0.1) is 5.82 Å². The van der Waals surface area contributed by atoms with Gasteiger partial charge in [-0.05, 0) is 42.5 Å². The van der Waals surface area contributed by atoms with E-state index in [4.69, 9.17) is 0 Å². The maximum Gasteiger partial charge on any atom is 0.219 e. The summed E-state index contributed by atoms with van der Waals surface area (Å²) in [5.41, 5.74) is 0. The number of benzene rings is 2. The Labute approximate surface area is 127 Å². The van der Waals surface area contributed by atoms with Gasteiger partial charge in [0.05, 0.1) is 0 Å². The van der Waals surface area contributed by atoms with Crippen LogP contribution in [0.5, 0.6) is 5.88 Å². The van der Waals surface area contributed by atoms with Gasteiger partial charge in [0.1, 0.15) is 10.8 Å². The Morgan fingerprint density at radius 1 is 1.05 bits per heavy atom. The van der Waals surface area contributed by atoms with E-state index in [2.05, 4.69) is 20.9 Å². The molecule has 0 unspecified atom stereocenters. The standard InChI is InChI=1S/C15H9BrFNOS/c16-13-3-1-2-11-12(13)8-14(18-15(11)19)20-10-6-4-9(17)5-7-10/h1-8H,(H,18,19). The van der Waals surface area contributed by atoms with Crippen LogP contribution in [0.4, 0.5) is 4.39 Å². The number of nitrogens with zero attached hydrogens (tertiary/aromatic N) is 1. The number of aromatic nitrogens is 1. The second-order valence-electron chi connectivity index (χ2n) is 4.18. The summed E-state index contributed by atoms with van der Waals surface area (Å²) in [5.74, 6) is -0.278. The second kappa shape index (κ2) is 5.42. The van der Waals surface area contributed by atoms with Crippen LogP contribution >= 0.6 is 27.7 Å². The van der Waals surface area contributed by atoms with Crippen LogP contribution in [0.25, 0.3) is 10.8 Å². The molecule has 2 aromatic carbocycles. The number of rotatable bonds is 2. The van der Waals surface area contributed by atoms with Gasteiger partial charge in [0, 0.05) is 20.1 Å². The highest BCUT2D eigenvalue weighted by molar-refractivity contribution is 9.10. The van der Waals surface area contributed by atoms with E-state index in [-0.39, 0.29) is 11.7 Å². The molecule has 0 amide bonds. The van der Waals surface area contributed by atoms with E-state index in [1.165, 1.54) is 23.9 Å². The lowest BCUT2D eigenvalue weighted by Gasteiger charge is -2.06. The minimum absolute atomic E-state index is 0.00610. The summed E-state index contributed by atoms with van der Waals surface area (Å²) in [6.07, 6.45) is 0. The van der Waals surface area contributed by atoms with Gasteiger partial charge in [-0.15, -0.1) is 0 Å². The largest absolute Gasteiger partial charge is 0.493 e. The number of halogens is 2. The molecule has 20 heavy (non-hydrogen) atoms. The number of fused-ring (bicyclic) bond motifs is 1. The normalized spacial score (nSPS) is 10.9. The zero-order valence-electron chi connectivity index (χ0n) is 10.2. The molecule has 100 valence electrons. The lowest BCUT2D eigenvalue weighted by Crippen LogP contribution is -1.85. The first-order valence-corrected chi connectivity index (χ1v) is 7.46. The van der Waals surface area contributed by atoms with Crippen LogP contribution in [0.15, 0.2) is 62.9 Å². The van der Waals surface area contributed by atoms with Gasteiger partial charge in [0.25, 0.3) is 0 Å². The molecule has 0 fully saturated rings. The highest BCUT2D eigenvalue weighted by Gasteiger charge is 2.08. The van der Waals surface area contributed by atoms with Gasteiger partial charge in [-0.25, -0.2) is 9.37 Å². The first-order chi connectivity index (χ1) is 9.63. The quantitative estimate of drug-likeness (QED) is 0.707. The summed E-state index contributed by atoms with van der Waals surface area (Å²) in [4.78, 5) is 5.03. The molecule has 3 aromatic rings. The van der Waals surface area contributed by atoms with E-state index in [1.54, 1.807) is 12.1 Å². The van der Waals surface area contributed by atoms with Crippen LogP contribution in [-0.4, -0.2) is 10.1 Å². The number of aromatic hydroxyl groups is 1. The highest BCUT2D eigenvalue weighted by atomic mass is 79.9. The van der Waals surface area contributed by atoms with Gasteiger partial charge >= 0.3 is 0 Å². The van der Waals surface area contributed by atoms with Gasteiger partial charge in [0.15, 0.2) is 0 Å². The second-order valence-corrected chi connectivity index (χ2v) is 6.12. The van der Waals surface area contributed by atoms with Crippen molar-refractivity contribution in [1.82, 2.24) is 4.98 Å². The molecule has 0 aliphatic heterocycles. The molecular weight excluding hydrogens is 341 g/mol. The summed E-state index contributed by atoms with van der Waals surface area (Å²) >= 11 is 4.84. The molecule has 0 atom stereocenters. The summed E-state index contributed by atoms with van der Waals surface area (Å²) in [5, 5.41) is 12.2. The van der Waals surface area contributed by atoms with E-state index in [0.717, 1.165) is 14.8 Å². The van der Waals surface area contributed by atoms with Gasteiger partial charge in [-0.2, -0.15) is 0 Å². The lowest BCUT2D eigenvalue weighted by atomic mass is 10.2. The molecule has 1 aromatic heterocycles. The smallest absolute Gasteiger partial charge is 0.219 e. The third-order valence-corrected chi connectivity index (χ3v) is 4.43. The average molecular weight is 350 g/mol. The van der Waals surface area contributed by atoms with Gasteiger partial charge in [0.2, 0.25) is 5.88 Å². The Morgan fingerprint density at radius 2 is 1.80 bits per heavy atom. The van der Waals surface area contributed by atoms with E-state index in [1.807, 2.05) is 24.3 Å². The zero-order valence-corrected chi connectivity index (χ0v) is 12.6. The first-order valence-electron chi connectivity index (χ1n) is 5.85. The van der Waals surface area contributed by atoms with Gasteiger partial charge < -0.3 is 5.11 Å². The molecule has 0 spiro atoms. The van der Waals surface area contributed by atoms with Crippen molar-refractivity contribution in [2.24, 2.45) is 0 Å². The van der Waals surface area contributed by atoms with Crippen LogP contribution in [0.1, 0.15) is 0 Å². The van der Waals surface area contributed by atoms with Crippen molar-refractivity contribution in [2.75, 3.05) is 0 Å². The van der Waals surface area contributed by atoms with Crippen molar-refractivity contribution in [1.29, 1.82) is 0 Å². The van der Waals surface area contributed by atoms with Crippen molar-refractivity contribution < 1.29 is 9.50 Å². The summed E-state index contributed by atoms with van der Waals surface area (Å²) in [6, 6.07) is 13.6. The molecule has 0 radical (unpaired) electrons. The summed E-state index contributed by atoms with van der Waals surface area (Å²) in [7, 11) is 0. The van der Waals surface area contributed by atoms with Gasteiger partial charge in [-0.1, -0.05) is 33.8 Å². The third-order valence-electron chi connectivity index (χ3n) is 2.81. The molecule has 2 nitrogen and oxygen atoms in total. The molecule has 0 saturated heterocycles. The van der Waals surface area contributed by atoms with E-state index in [9.17, 15) is 9.50 Å². The van der Waals surface area contributed by atoms with Crippen molar-refractivity contribution in [2.45, 2.75) is 9.92 Å². The summed E-state index contributed by atoms with van der Waals surface area (Å²) in [6.45, 7) is 0. The molecule has 0 bridgehead atoms. The van der Waals surface area contributed by atoms with Crippen molar-refractivity contribution in [3.8, 4) is 5.88 Å². The number of pyridine rings is 1. The van der Waals surface area contributed by atoms with Crippen LogP contribution in [0.3, 0.4) is 0 Å². The third kappa shape index (κ3) is 2.64. The maximum atomic E-state index is 12.9. The minimum atomic E-state index is -0.272. The average Bonchev–Trinajstić information content (AvgIpc) is 2.43. The fourth-order valence-corrected chi connectivity index (χ4v) is 3.18. The minimum Gasteiger partial charge on any atom is -0.493 e. The lowest BCUT2D eigenvalue weighted by molar-refractivity contribution is 0.456. The molecule has 3 rings (SSSR count). The van der Waals surface area contributed by atoms with Crippen LogP contribution in [0.2, 0.25) is 0 Å². The van der Waals surface area contributed by atoms with Gasteiger partial charge in [-0.3, -0.25) is 0 Å². The van der Waals surface area contributed by atoms with Crippen molar-refractivity contribution >= 4 is 38.5 Å². The van der Waals surface area contributed by atoms with E-state index in [0.29, 0.717) is 10.4 Å². The number of hydrogen-bond acceptors (Lipinski definition) is 3. The monoisotopic (exact) mass is 349 g/mol. The fourth-order valence-electron chi connectivity index (χ4n) is 1.87. The SMILES string of the molecule is Oc1nc(Sc2ccc(F)cc2)cc2c(Br)cccc12. The highest BCUT2D eigenvalue weighted by Crippen LogP contribution is 2.35. The van der Waals surface area contributed by atoms with Crippen LogP contribution in [-0.2, 0) is 0 Å². The molecule has 0 saturated carbocycles.